The number of carbonyl (C=O) groups is 1. The zero-order valence-corrected chi connectivity index (χ0v) is 11.7. The molecule has 0 radical (unpaired) electrons. The Kier molecular flexibility index (Phi) is 8.94. The van der Waals surface area contributed by atoms with Gasteiger partial charge in [0.15, 0.2) is 0 Å². The molecule has 1 atom stereocenters. The number of amides is 1. The van der Waals surface area contributed by atoms with Crippen LogP contribution in [0.5, 0.6) is 0 Å². The van der Waals surface area contributed by atoms with Gasteiger partial charge in [0.1, 0.15) is 0 Å². The van der Waals surface area contributed by atoms with Crippen LogP contribution in [0, 0.1) is 0 Å². The Morgan fingerprint density at radius 3 is 2.59 bits per heavy atom. The van der Waals surface area contributed by atoms with Gasteiger partial charge in [-0.15, -0.1) is 24.2 Å². The van der Waals surface area contributed by atoms with Gasteiger partial charge in [0.05, 0.1) is 5.75 Å². The van der Waals surface area contributed by atoms with Gasteiger partial charge in [-0.1, -0.05) is 18.2 Å². The Balaban J connectivity index is 0.00000256. The van der Waals surface area contributed by atoms with Crippen molar-refractivity contribution in [1.29, 1.82) is 0 Å². The summed E-state index contributed by atoms with van der Waals surface area (Å²) < 4.78 is 0. The van der Waals surface area contributed by atoms with Gasteiger partial charge in [-0.05, 0) is 26.1 Å². The minimum Gasteiger partial charge on any atom is -0.354 e. The first kappa shape index (κ1) is 16.3. The fourth-order valence-electron chi connectivity index (χ4n) is 1.09. The first-order valence-electron chi connectivity index (χ1n) is 5.34. The zero-order valence-electron chi connectivity index (χ0n) is 10.1. The van der Waals surface area contributed by atoms with Crippen molar-refractivity contribution >= 4 is 30.1 Å². The molecule has 0 saturated heterocycles. The van der Waals surface area contributed by atoms with Gasteiger partial charge in [0.25, 0.3) is 0 Å². The van der Waals surface area contributed by atoms with E-state index in [-0.39, 0.29) is 18.3 Å². The van der Waals surface area contributed by atoms with Crippen molar-refractivity contribution in [1.82, 2.24) is 10.6 Å². The van der Waals surface area contributed by atoms with E-state index in [1.807, 2.05) is 44.3 Å². The van der Waals surface area contributed by atoms with Crippen LogP contribution in [0.3, 0.4) is 0 Å². The van der Waals surface area contributed by atoms with E-state index in [1.54, 1.807) is 11.8 Å². The second kappa shape index (κ2) is 9.33. The fraction of sp³-hybridized carbons (Fsp3) is 0.417. The van der Waals surface area contributed by atoms with E-state index < -0.39 is 0 Å². The lowest BCUT2D eigenvalue weighted by atomic mass is 10.3. The van der Waals surface area contributed by atoms with E-state index in [0.717, 1.165) is 4.90 Å². The lowest BCUT2D eigenvalue weighted by Crippen LogP contribution is -2.37. The second-order valence-corrected chi connectivity index (χ2v) is 4.64. The summed E-state index contributed by atoms with van der Waals surface area (Å²) in [5, 5.41) is 5.95. The number of rotatable bonds is 6. The van der Waals surface area contributed by atoms with E-state index in [0.29, 0.717) is 18.3 Å². The Morgan fingerprint density at radius 1 is 1.35 bits per heavy atom. The molecule has 1 unspecified atom stereocenters. The Labute approximate surface area is 113 Å². The molecule has 1 amide bonds. The molecule has 2 N–H and O–H groups in total. The number of likely N-dealkylation sites (N-methyl/N-ethyl adjacent to an activating group) is 1. The van der Waals surface area contributed by atoms with Crippen LogP contribution in [0.15, 0.2) is 35.2 Å². The average molecular weight is 275 g/mol. The van der Waals surface area contributed by atoms with Crippen molar-refractivity contribution in [3.8, 4) is 0 Å². The third-order valence-corrected chi connectivity index (χ3v) is 3.22. The van der Waals surface area contributed by atoms with E-state index >= 15 is 0 Å². The zero-order chi connectivity index (χ0) is 11.8. The van der Waals surface area contributed by atoms with Crippen LogP contribution in [-0.4, -0.2) is 31.3 Å². The van der Waals surface area contributed by atoms with Crippen molar-refractivity contribution in [2.75, 3.05) is 19.3 Å². The fourth-order valence-corrected chi connectivity index (χ4v) is 1.84. The molecule has 3 nitrogen and oxygen atoms in total. The molecule has 0 aliphatic rings. The number of halogens is 1. The van der Waals surface area contributed by atoms with E-state index in [4.69, 9.17) is 0 Å². The summed E-state index contributed by atoms with van der Waals surface area (Å²) in [5.74, 6) is 0.552. The molecule has 0 aromatic heterocycles. The van der Waals surface area contributed by atoms with Gasteiger partial charge < -0.3 is 10.6 Å². The number of benzene rings is 1. The topological polar surface area (TPSA) is 41.1 Å². The summed E-state index contributed by atoms with van der Waals surface area (Å²) in [6, 6.07) is 10.2. The van der Waals surface area contributed by atoms with Crippen molar-refractivity contribution in [2.24, 2.45) is 0 Å². The van der Waals surface area contributed by atoms with Gasteiger partial charge in [-0.3, -0.25) is 4.79 Å². The molecule has 0 aliphatic carbocycles. The predicted octanol–water partition coefficient (Wildman–Crippen LogP) is 1.92. The van der Waals surface area contributed by atoms with Crippen molar-refractivity contribution in [3.05, 3.63) is 30.3 Å². The summed E-state index contributed by atoms with van der Waals surface area (Å²) >= 11 is 1.56. The van der Waals surface area contributed by atoms with Gasteiger partial charge in [0, 0.05) is 17.5 Å². The van der Waals surface area contributed by atoms with Gasteiger partial charge in [0.2, 0.25) is 5.91 Å². The predicted molar refractivity (Wildman–Crippen MR) is 75.9 cm³/mol. The average Bonchev–Trinajstić information content (AvgIpc) is 2.34. The molecule has 0 saturated carbocycles. The number of carbonyl (C=O) groups excluding carboxylic acids is 1. The monoisotopic (exact) mass is 274 g/mol. The smallest absolute Gasteiger partial charge is 0.230 e. The van der Waals surface area contributed by atoms with Gasteiger partial charge in [-0.25, -0.2) is 0 Å². The van der Waals surface area contributed by atoms with Gasteiger partial charge >= 0.3 is 0 Å². The Bertz CT molecular complexity index is 322. The molecule has 96 valence electrons. The van der Waals surface area contributed by atoms with Crippen LogP contribution < -0.4 is 10.6 Å². The molecule has 1 rings (SSSR count). The lowest BCUT2D eigenvalue weighted by Gasteiger charge is -2.11. The van der Waals surface area contributed by atoms with Crippen LogP contribution in [-0.2, 0) is 4.79 Å². The van der Waals surface area contributed by atoms with E-state index in [2.05, 4.69) is 10.6 Å². The maximum absolute atomic E-state index is 11.5. The highest BCUT2D eigenvalue weighted by molar-refractivity contribution is 8.00. The van der Waals surface area contributed by atoms with Crippen LogP contribution in [0.1, 0.15) is 6.92 Å². The molecule has 0 bridgehead atoms. The molecule has 0 heterocycles. The SMILES string of the molecule is CNC(C)CNC(=O)CSc1ccccc1.Cl. The second-order valence-electron chi connectivity index (χ2n) is 3.60. The third kappa shape index (κ3) is 7.26. The summed E-state index contributed by atoms with van der Waals surface area (Å²) in [5.41, 5.74) is 0. The Hall–Kier alpha value is -0.710. The summed E-state index contributed by atoms with van der Waals surface area (Å²) in [7, 11) is 1.88. The molecular formula is C12H19ClN2OS. The van der Waals surface area contributed by atoms with Gasteiger partial charge in [-0.2, -0.15) is 0 Å². The van der Waals surface area contributed by atoms with Crippen molar-refractivity contribution in [3.63, 3.8) is 0 Å². The lowest BCUT2D eigenvalue weighted by molar-refractivity contribution is -0.118. The molecule has 17 heavy (non-hydrogen) atoms. The van der Waals surface area contributed by atoms with Crippen LogP contribution in [0.4, 0.5) is 0 Å². The summed E-state index contributed by atoms with van der Waals surface area (Å²) in [6.45, 7) is 2.70. The Morgan fingerprint density at radius 2 is 2.00 bits per heavy atom. The number of hydrogen-bond acceptors (Lipinski definition) is 3. The van der Waals surface area contributed by atoms with Crippen LogP contribution in [0.2, 0.25) is 0 Å². The molecule has 0 aliphatic heterocycles. The number of thioether (sulfide) groups is 1. The number of nitrogens with one attached hydrogen (secondary N) is 2. The first-order chi connectivity index (χ1) is 7.72. The van der Waals surface area contributed by atoms with Crippen molar-refractivity contribution < 1.29 is 4.79 Å². The maximum atomic E-state index is 11.5. The highest BCUT2D eigenvalue weighted by atomic mass is 35.5. The highest BCUT2D eigenvalue weighted by Crippen LogP contribution is 2.15. The van der Waals surface area contributed by atoms with E-state index in [1.165, 1.54) is 0 Å². The van der Waals surface area contributed by atoms with Crippen LogP contribution in [0.25, 0.3) is 0 Å². The number of hydrogen-bond donors (Lipinski definition) is 2. The minimum atomic E-state index is 0. The normalized spacial score (nSPS) is 11.4. The highest BCUT2D eigenvalue weighted by Gasteiger charge is 2.04. The molecular weight excluding hydrogens is 256 g/mol. The quantitative estimate of drug-likeness (QED) is 0.779. The standard InChI is InChI=1S/C12H18N2OS.ClH/c1-10(13-2)8-14-12(15)9-16-11-6-4-3-5-7-11;/h3-7,10,13H,8-9H2,1-2H3,(H,14,15);1H. The molecule has 0 fully saturated rings. The summed E-state index contributed by atoms with van der Waals surface area (Å²) in [6.07, 6.45) is 0. The van der Waals surface area contributed by atoms with Crippen LogP contribution >= 0.6 is 24.2 Å². The summed E-state index contributed by atoms with van der Waals surface area (Å²) in [4.78, 5) is 12.6. The molecule has 5 heteroatoms. The largest absolute Gasteiger partial charge is 0.354 e. The third-order valence-electron chi connectivity index (χ3n) is 2.21. The first-order valence-corrected chi connectivity index (χ1v) is 6.32. The van der Waals surface area contributed by atoms with Crippen molar-refractivity contribution in [2.45, 2.75) is 17.9 Å². The van der Waals surface area contributed by atoms with E-state index in [9.17, 15) is 4.79 Å². The molecule has 1 aromatic carbocycles. The maximum Gasteiger partial charge on any atom is 0.230 e. The molecule has 0 spiro atoms. The minimum absolute atomic E-state index is 0. The molecule has 1 aromatic rings.